The number of aromatic nitrogens is 1. The average molecular weight is 274 g/mol. The molecule has 0 unspecified atom stereocenters. The van der Waals surface area contributed by atoms with Crippen LogP contribution in [0, 0.1) is 0 Å². The molecule has 1 aromatic carbocycles. The van der Waals surface area contributed by atoms with E-state index >= 15 is 0 Å². The zero-order valence-corrected chi connectivity index (χ0v) is 11.8. The summed E-state index contributed by atoms with van der Waals surface area (Å²) in [7, 11) is 1.65. The van der Waals surface area contributed by atoms with E-state index in [0.29, 0.717) is 11.5 Å². The van der Waals surface area contributed by atoms with Crippen LogP contribution in [0.5, 0.6) is 0 Å². The summed E-state index contributed by atoms with van der Waals surface area (Å²) >= 11 is 0. The van der Waals surface area contributed by atoms with Crippen LogP contribution in [-0.4, -0.2) is 40.1 Å². The van der Waals surface area contributed by atoms with Crippen LogP contribution >= 0.6 is 0 Å². The zero-order chi connectivity index (χ0) is 14.8. The average Bonchev–Trinajstić information content (AvgIpc) is 2.86. The van der Waals surface area contributed by atoms with Crippen molar-refractivity contribution in [3.63, 3.8) is 0 Å². The quantitative estimate of drug-likeness (QED) is 0.867. The minimum absolute atomic E-state index is 0.105. The van der Waals surface area contributed by atoms with Gasteiger partial charge in [-0.2, -0.15) is 0 Å². The molecule has 2 aromatic rings. The molecule has 106 valence electrons. The predicted octanol–water partition coefficient (Wildman–Crippen LogP) is 2.07. The minimum atomic E-state index is -0.608. The highest BCUT2D eigenvalue weighted by atomic mass is 16.3. The summed E-state index contributed by atoms with van der Waals surface area (Å²) in [6.45, 7) is 3.47. The number of aliphatic hydroxyl groups is 1. The van der Waals surface area contributed by atoms with E-state index in [1.54, 1.807) is 20.9 Å². The van der Waals surface area contributed by atoms with Crippen LogP contribution in [0.3, 0.4) is 0 Å². The number of amides is 1. The van der Waals surface area contributed by atoms with Gasteiger partial charge in [-0.25, -0.2) is 4.98 Å². The smallest absolute Gasteiger partial charge is 0.247 e. The summed E-state index contributed by atoms with van der Waals surface area (Å²) in [5.74, 6) is 0.168. The Balaban J connectivity index is 2.14. The first-order valence-corrected chi connectivity index (χ1v) is 6.36. The first kappa shape index (κ1) is 14.3. The number of likely N-dealkylation sites (N-methyl/N-ethyl adjacent to an activating group) is 1. The standard InChI is InChI=1S/C15H18N2O3/c1-15(2,10-18)17(3)14(19)9-8-13-16-11-6-4-5-7-12(11)20-13/h4-9,18H,10H2,1-3H3/b9-8+. The number of rotatable bonds is 4. The van der Waals surface area contributed by atoms with Crippen molar-refractivity contribution in [2.75, 3.05) is 13.7 Å². The lowest BCUT2D eigenvalue weighted by molar-refractivity contribution is -0.130. The van der Waals surface area contributed by atoms with Gasteiger partial charge in [-0.3, -0.25) is 4.79 Å². The molecule has 0 aliphatic rings. The van der Waals surface area contributed by atoms with Crippen LogP contribution < -0.4 is 0 Å². The van der Waals surface area contributed by atoms with Crippen molar-refractivity contribution in [1.82, 2.24) is 9.88 Å². The van der Waals surface area contributed by atoms with Gasteiger partial charge in [0.2, 0.25) is 11.8 Å². The number of carbonyl (C=O) groups is 1. The number of carbonyl (C=O) groups excluding carboxylic acids is 1. The van der Waals surface area contributed by atoms with Gasteiger partial charge in [0, 0.05) is 19.2 Å². The molecule has 5 heteroatoms. The number of nitrogens with zero attached hydrogens (tertiary/aromatic N) is 2. The Bertz CT molecular complexity index is 610. The lowest BCUT2D eigenvalue weighted by Crippen LogP contribution is -2.47. The Hall–Kier alpha value is -2.14. The molecule has 1 amide bonds. The van der Waals surface area contributed by atoms with Crippen molar-refractivity contribution in [3.8, 4) is 0 Å². The summed E-state index contributed by atoms with van der Waals surface area (Å²) in [5, 5.41) is 9.25. The molecule has 0 aliphatic carbocycles. The number of aliphatic hydroxyl groups excluding tert-OH is 1. The molecule has 0 aliphatic heterocycles. The Morgan fingerprint density at radius 2 is 2.15 bits per heavy atom. The molecular formula is C15H18N2O3. The van der Waals surface area contributed by atoms with Crippen LogP contribution in [-0.2, 0) is 4.79 Å². The third-order valence-corrected chi connectivity index (χ3v) is 3.30. The van der Waals surface area contributed by atoms with Crippen LogP contribution in [0.4, 0.5) is 0 Å². The lowest BCUT2D eigenvalue weighted by Gasteiger charge is -2.33. The highest BCUT2D eigenvalue weighted by molar-refractivity contribution is 5.91. The zero-order valence-electron chi connectivity index (χ0n) is 11.8. The maximum atomic E-state index is 12.0. The van der Waals surface area contributed by atoms with E-state index in [1.807, 2.05) is 24.3 Å². The summed E-state index contributed by atoms with van der Waals surface area (Å²) in [6.07, 6.45) is 2.93. The largest absolute Gasteiger partial charge is 0.437 e. The molecule has 0 radical (unpaired) electrons. The van der Waals surface area contributed by atoms with E-state index < -0.39 is 5.54 Å². The molecule has 0 saturated carbocycles. The number of benzene rings is 1. The predicted molar refractivity (Wildman–Crippen MR) is 77.0 cm³/mol. The van der Waals surface area contributed by atoms with E-state index in [2.05, 4.69) is 4.98 Å². The van der Waals surface area contributed by atoms with Crippen molar-refractivity contribution in [2.24, 2.45) is 0 Å². The molecule has 0 atom stereocenters. The van der Waals surface area contributed by atoms with Crippen LogP contribution in [0.15, 0.2) is 34.8 Å². The number of fused-ring (bicyclic) bond motifs is 1. The van der Waals surface area contributed by atoms with E-state index in [4.69, 9.17) is 4.42 Å². The first-order chi connectivity index (χ1) is 9.44. The van der Waals surface area contributed by atoms with Gasteiger partial charge in [-0.05, 0) is 26.0 Å². The van der Waals surface area contributed by atoms with E-state index in [1.165, 1.54) is 17.1 Å². The molecule has 1 heterocycles. The maximum absolute atomic E-state index is 12.0. The lowest BCUT2D eigenvalue weighted by atomic mass is 10.1. The molecule has 20 heavy (non-hydrogen) atoms. The van der Waals surface area contributed by atoms with Crippen LogP contribution in [0.1, 0.15) is 19.7 Å². The van der Waals surface area contributed by atoms with Gasteiger partial charge < -0.3 is 14.4 Å². The summed E-state index contributed by atoms with van der Waals surface area (Å²) < 4.78 is 5.49. The van der Waals surface area contributed by atoms with Crippen molar-refractivity contribution in [3.05, 3.63) is 36.2 Å². The highest BCUT2D eigenvalue weighted by Gasteiger charge is 2.25. The number of oxazole rings is 1. The summed E-state index contributed by atoms with van der Waals surface area (Å²) in [4.78, 5) is 17.7. The Kier molecular flexibility index (Phi) is 3.90. The Labute approximate surface area is 117 Å². The Morgan fingerprint density at radius 1 is 1.45 bits per heavy atom. The molecule has 0 fully saturated rings. The highest BCUT2D eigenvalue weighted by Crippen LogP contribution is 2.16. The topological polar surface area (TPSA) is 66.6 Å². The molecule has 0 bridgehead atoms. The number of hydrogen-bond donors (Lipinski definition) is 1. The van der Waals surface area contributed by atoms with E-state index in [-0.39, 0.29) is 12.5 Å². The molecular weight excluding hydrogens is 256 g/mol. The van der Waals surface area contributed by atoms with Crippen molar-refractivity contribution >= 4 is 23.1 Å². The first-order valence-electron chi connectivity index (χ1n) is 6.36. The second-order valence-electron chi connectivity index (χ2n) is 5.22. The fraction of sp³-hybridized carbons (Fsp3) is 0.333. The van der Waals surface area contributed by atoms with Crippen molar-refractivity contribution < 1.29 is 14.3 Å². The second kappa shape index (κ2) is 5.46. The third kappa shape index (κ3) is 2.88. The Morgan fingerprint density at radius 3 is 2.80 bits per heavy atom. The molecule has 5 nitrogen and oxygen atoms in total. The van der Waals surface area contributed by atoms with Gasteiger partial charge in [0.05, 0.1) is 12.1 Å². The molecule has 2 rings (SSSR count). The second-order valence-corrected chi connectivity index (χ2v) is 5.22. The third-order valence-electron chi connectivity index (χ3n) is 3.30. The molecule has 0 spiro atoms. The fourth-order valence-corrected chi connectivity index (χ4v) is 1.62. The van der Waals surface area contributed by atoms with E-state index in [0.717, 1.165) is 5.52 Å². The normalized spacial score (nSPS) is 12.2. The summed E-state index contributed by atoms with van der Waals surface area (Å²) in [6, 6.07) is 7.41. The minimum Gasteiger partial charge on any atom is -0.437 e. The van der Waals surface area contributed by atoms with Gasteiger partial charge in [0.1, 0.15) is 5.52 Å². The molecule has 1 N–H and O–H groups in total. The fourth-order valence-electron chi connectivity index (χ4n) is 1.62. The van der Waals surface area contributed by atoms with Crippen LogP contribution in [0.25, 0.3) is 17.2 Å². The number of para-hydroxylation sites is 2. The van der Waals surface area contributed by atoms with Gasteiger partial charge >= 0.3 is 0 Å². The van der Waals surface area contributed by atoms with Gasteiger partial charge in [0.15, 0.2) is 5.58 Å². The maximum Gasteiger partial charge on any atom is 0.247 e. The van der Waals surface area contributed by atoms with Crippen molar-refractivity contribution in [2.45, 2.75) is 19.4 Å². The SMILES string of the molecule is CN(C(=O)/C=C/c1nc2ccccc2o1)C(C)(C)CO. The monoisotopic (exact) mass is 274 g/mol. The van der Waals surface area contributed by atoms with Gasteiger partial charge in [-0.1, -0.05) is 12.1 Å². The van der Waals surface area contributed by atoms with Gasteiger partial charge in [-0.15, -0.1) is 0 Å². The molecule has 1 aromatic heterocycles. The number of hydrogen-bond acceptors (Lipinski definition) is 4. The van der Waals surface area contributed by atoms with Crippen LogP contribution in [0.2, 0.25) is 0 Å². The van der Waals surface area contributed by atoms with Gasteiger partial charge in [0.25, 0.3) is 0 Å². The van der Waals surface area contributed by atoms with Crippen molar-refractivity contribution in [1.29, 1.82) is 0 Å². The summed E-state index contributed by atoms with van der Waals surface area (Å²) in [5.41, 5.74) is 0.829. The molecule has 0 saturated heterocycles. The van der Waals surface area contributed by atoms with E-state index in [9.17, 15) is 9.90 Å².